The summed E-state index contributed by atoms with van der Waals surface area (Å²) in [5.74, 6) is -2.85. The third-order valence-electron chi connectivity index (χ3n) is 4.97. The van der Waals surface area contributed by atoms with Crippen LogP contribution in [0.15, 0.2) is 17.5 Å². The van der Waals surface area contributed by atoms with Crippen LogP contribution in [-0.2, 0) is 4.79 Å². The Labute approximate surface area is 124 Å². The molecule has 1 atom stereocenters. The summed E-state index contributed by atoms with van der Waals surface area (Å²) in [5.41, 5.74) is -1.87. The number of carbonyl (C=O) groups excluding carboxylic acids is 2. The summed E-state index contributed by atoms with van der Waals surface area (Å²) in [7, 11) is 0. The van der Waals surface area contributed by atoms with Crippen molar-refractivity contribution >= 4 is 22.9 Å². The number of ketones is 2. The van der Waals surface area contributed by atoms with E-state index < -0.39 is 29.1 Å². The standard InChI is InChI=1S/C15H15F3O2S/c16-15(17,18)13(20)14(12(19)11-2-1-7-21-11)8-9-3-5-10(14)6-4-9/h1-2,7,9-10H,3-6,8H2/t9?,10?,14-/m1/s1. The quantitative estimate of drug-likeness (QED) is 0.617. The van der Waals surface area contributed by atoms with Crippen molar-refractivity contribution in [3.05, 3.63) is 22.4 Å². The number of hydrogen-bond acceptors (Lipinski definition) is 3. The SMILES string of the molecule is O=C(c1cccs1)[C@@]1(C(=O)C(F)(F)F)CC2CCC1CC2. The van der Waals surface area contributed by atoms with Crippen molar-refractivity contribution in [1.82, 2.24) is 0 Å². The molecule has 114 valence electrons. The van der Waals surface area contributed by atoms with Crippen molar-refractivity contribution in [2.45, 2.75) is 38.3 Å². The zero-order chi connectivity index (χ0) is 15.3. The van der Waals surface area contributed by atoms with Gasteiger partial charge in [0.1, 0.15) is 5.41 Å². The Kier molecular flexibility index (Phi) is 3.47. The lowest BCUT2D eigenvalue weighted by Gasteiger charge is -2.49. The number of fused-ring (bicyclic) bond motifs is 3. The van der Waals surface area contributed by atoms with E-state index in [1.807, 2.05) is 0 Å². The van der Waals surface area contributed by atoms with Gasteiger partial charge < -0.3 is 0 Å². The Morgan fingerprint density at radius 3 is 2.29 bits per heavy atom. The Morgan fingerprint density at radius 1 is 1.19 bits per heavy atom. The van der Waals surface area contributed by atoms with E-state index in [-0.39, 0.29) is 17.2 Å². The fourth-order valence-electron chi connectivity index (χ4n) is 4.02. The maximum absolute atomic E-state index is 13.1. The highest BCUT2D eigenvalue weighted by atomic mass is 32.1. The minimum Gasteiger partial charge on any atom is -0.292 e. The smallest absolute Gasteiger partial charge is 0.292 e. The molecule has 0 saturated heterocycles. The first-order valence-corrected chi connectivity index (χ1v) is 7.93. The number of Topliss-reactive ketones (excluding diaryl/α,β-unsaturated/α-hetero) is 2. The van der Waals surface area contributed by atoms with Crippen LogP contribution in [0.4, 0.5) is 13.2 Å². The van der Waals surface area contributed by atoms with E-state index in [9.17, 15) is 22.8 Å². The lowest BCUT2D eigenvalue weighted by Crippen LogP contribution is -2.56. The van der Waals surface area contributed by atoms with Gasteiger partial charge in [-0.2, -0.15) is 13.2 Å². The van der Waals surface area contributed by atoms with Gasteiger partial charge in [-0.3, -0.25) is 9.59 Å². The van der Waals surface area contributed by atoms with E-state index in [1.54, 1.807) is 11.4 Å². The maximum Gasteiger partial charge on any atom is 0.451 e. The molecule has 1 aromatic rings. The first kappa shape index (κ1) is 14.8. The number of rotatable bonds is 3. The van der Waals surface area contributed by atoms with E-state index in [1.165, 1.54) is 6.07 Å². The van der Waals surface area contributed by atoms with Gasteiger partial charge in [-0.15, -0.1) is 11.3 Å². The number of hydrogen-bond donors (Lipinski definition) is 0. The molecular weight excluding hydrogens is 301 g/mol. The summed E-state index contributed by atoms with van der Waals surface area (Å²) < 4.78 is 39.3. The molecule has 1 aromatic heterocycles. The summed E-state index contributed by atoms with van der Waals surface area (Å²) >= 11 is 1.11. The van der Waals surface area contributed by atoms with Crippen molar-refractivity contribution in [3.8, 4) is 0 Å². The van der Waals surface area contributed by atoms with Gasteiger partial charge >= 0.3 is 6.18 Å². The third-order valence-corrected chi connectivity index (χ3v) is 5.84. The monoisotopic (exact) mass is 316 g/mol. The summed E-state index contributed by atoms with van der Waals surface area (Å²) in [6.07, 6.45) is -2.14. The number of thiophene rings is 1. The molecule has 3 fully saturated rings. The third kappa shape index (κ3) is 2.24. The first-order chi connectivity index (χ1) is 9.85. The summed E-state index contributed by atoms with van der Waals surface area (Å²) in [4.78, 5) is 25.1. The molecular formula is C15H15F3O2S. The molecule has 0 N–H and O–H groups in total. The van der Waals surface area contributed by atoms with Gasteiger partial charge in [0.15, 0.2) is 5.78 Å². The Morgan fingerprint density at radius 2 is 1.86 bits per heavy atom. The second-order valence-electron chi connectivity index (χ2n) is 6.03. The lowest BCUT2D eigenvalue weighted by molar-refractivity contribution is -0.187. The van der Waals surface area contributed by atoms with Crippen molar-refractivity contribution in [2.24, 2.45) is 17.3 Å². The fraction of sp³-hybridized carbons (Fsp3) is 0.600. The molecule has 0 aromatic carbocycles. The molecule has 0 unspecified atom stereocenters. The number of halogens is 3. The molecule has 6 heteroatoms. The van der Waals surface area contributed by atoms with Gasteiger partial charge in [-0.1, -0.05) is 18.9 Å². The van der Waals surface area contributed by atoms with Gasteiger partial charge in [0, 0.05) is 0 Å². The van der Waals surface area contributed by atoms with Crippen molar-refractivity contribution in [2.75, 3.05) is 0 Å². The van der Waals surface area contributed by atoms with E-state index >= 15 is 0 Å². The van der Waals surface area contributed by atoms with E-state index in [0.717, 1.165) is 24.2 Å². The van der Waals surface area contributed by atoms with Crippen molar-refractivity contribution in [1.29, 1.82) is 0 Å². The minimum atomic E-state index is -4.95. The topological polar surface area (TPSA) is 34.1 Å². The zero-order valence-electron chi connectivity index (χ0n) is 11.3. The normalized spacial score (nSPS) is 32.1. The molecule has 0 spiro atoms. The van der Waals surface area contributed by atoms with Crippen LogP contribution in [-0.4, -0.2) is 17.7 Å². The van der Waals surface area contributed by atoms with Crippen LogP contribution in [0.1, 0.15) is 41.8 Å². The van der Waals surface area contributed by atoms with Gasteiger partial charge in [0.2, 0.25) is 5.78 Å². The highest BCUT2D eigenvalue weighted by Gasteiger charge is 2.63. The molecule has 0 amide bonds. The summed E-state index contributed by atoms with van der Waals surface area (Å²) in [5, 5.41) is 1.65. The Balaban J connectivity index is 2.08. The Hall–Kier alpha value is -1.17. The van der Waals surface area contributed by atoms with Crippen LogP contribution in [0.3, 0.4) is 0 Å². The average Bonchev–Trinajstić information content (AvgIpc) is 2.99. The van der Waals surface area contributed by atoms with Crippen LogP contribution < -0.4 is 0 Å². The molecule has 2 bridgehead atoms. The van der Waals surface area contributed by atoms with Gasteiger partial charge in [0.05, 0.1) is 4.88 Å². The summed E-state index contributed by atoms with van der Waals surface area (Å²) in [6.45, 7) is 0. The Bertz CT molecular complexity index is 556. The van der Waals surface area contributed by atoms with Crippen LogP contribution in [0, 0.1) is 17.3 Å². The van der Waals surface area contributed by atoms with Crippen LogP contribution >= 0.6 is 11.3 Å². The van der Waals surface area contributed by atoms with Crippen LogP contribution in [0.5, 0.6) is 0 Å². The predicted molar refractivity (Wildman–Crippen MR) is 72.2 cm³/mol. The highest BCUT2D eigenvalue weighted by Crippen LogP contribution is 2.56. The predicted octanol–water partition coefficient (Wildman–Crippen LogP) is 4.26. The molecule has 3 aliphatic rings. The molecule has 0 radical (unpaired) electrons. The fourth-order valence-corrected chi connectivity index (χ4v) is 4.77. The van der Waals surface area contributed by atoms with Gasteiger partial charge in [-0.25, -0.2) is 0 Å². The zero-order valence-corrected chi connectivity index (χ0v) is 12.1. The van der Waals surface area contributed by atoms with Gasteiger partial charge in [-0.05, 0) is 42.5 Å². The lowest BCUT2D eigenvalue weighted by atomic mass is 9.52. The molecule has 2 nitrogen and oxygen atoms in total. The average molecular weight is 316 g/mol. The van der Waals surface area contributed by atoms with Crippen molar-refractivity contribution < 1.29 is 22.8 Å². The van der Waals surface area contributed by atoms with E-state index in [4.69, 9.17) is 0 Å². The second-order valence-corrected chi connectivity index (χ2v) is 6.97. The van der Waals surface area contributed by atoms with E-state index in [2.05, 4.69) is 0 Å². The second kappa shape index (κ2) is 4.93. The van der Waals surface area contributed by atoms with Crippen molar-refractivity contribution in [3.63, 3.8) is 0 Å². The minimum absolute atomic E-state index is 0.0604. The largest absolute Gasteiger partial charge is 0.451 e. The highest BCUT2D eigenvalue weighted by molar-refractivity contribution is 7.12. The van der Waals surface area contributed by atoms with Crippen LogP contribution in [0.2, 0.25) is 0 Å². The number of alkyl halides is 3. The molecule has 0 aliphatic heterocycles. The molecule has 1 heterocycles. The summed E-state index contributed by atoms with van der Waals surface area (Å²) in [6, 6.07) is 3.14. The van der Waals surface area contributed by atoms with Gasteiger partial charge in [0.25, 0.3) is 0 Å². The number of carbonyl (C=O) groups is 2. The maximum atomic E-state index is 13.1. The first-order valence-electron chi connectivity index (χ1n) is 7.05. The van der Waals surface area contributed by atoms with E-state index in [0.29, 0.717) is 12.8 Å². The molecule has 4 rings (SSSR count). The van der Waals surface area contributed by atoms with Crippen LogP contribution in [0.25, 0.3) is 0 Å². The molecule has 21 heavy (non-hydrogen) atoms. The molecule has 3 aliphatic carbocycles. The molecule has 3 saturated carbocycles.